The van der Waals surface area contributed by atoms with Gasteiger partial charge in [0.25, 0.3) is 11.8 Å². The fraction of sp³-hybridized carbons (Fsp3) is 0.143. The number of thiazole rings is 1. The highest BCUT2D eigenvalue weighted by Gasteiger charge is 2.20. The molecule has 0 saturated heterocycles. The molecule has 0 aliphatic rings. The number of benzene rings is 2. The van der Waals surface area contributed by atoms with E-state index < -0.39 is 23.9 Å². The van der Waals surface area contributed by atoms with Crippen LogP contribution in [0.2, 0.25) is 0 Å². The van der Waals surface area contributed by atoms with Gasteiger partial charge in [-0.05, 0) is 31.2 Å². The Kier molecular flexibility index (Phi) is 7.31. The van der Waals surface area contributed by atoms with Gasteiger partial charge in [-0.15, -0.1) is 11.3 Å². The smallest absolute Gasteiger partial charge is 0.326 e. The zero-order chi connectivity index (χ0) is 21.5. The Balaban J connectivity index is 1.47. The van der Waals surface area contributed by atoms with Crippen LogP contribution < -0.4 is 10.6 Å². The number of carbonyl (C=O) groups excluding carboxylic acids is 3. The van der Waals surface area contributed by atoms with Gasteiger partial charge in [-0.25, -0.2) is 4.98 Å². The average Bonchev–Trinajstić information content (AvgIpc) is 3.21. The van der Waals surface area contributed by atoms with Gasteiger partial charge in [-0.2, -0.15) is 0 Å². The van der Waals surface area contributed by atoms with Crippen LogP contribution >= 0.6 is 27.3 Å². The molecule has 2 amide bonds. The molecule has 0 fully saturated rings. The van der Waals surface area contributed by atoms with Crippen molar-refractivity contribution in [3.05, 3.63) is 70.0 Å². The Morgan fingerprint density at radius 3 is 2.50 bits per heavy atom. The highest BCUT2D eigenvalue weighted by Crippen LogP contribution is 2.24. The molecule has 3 aromatic rings. The first-order valence-electron chi connectivity index (χ1n) is 8.97. The van der Waals surface area contributed by atoms with Crippen LogP contribution in [-0.2, 0) is 14.3 Å². The highest BCUT2D eigenvalue weighted by molar-refractivity contribution is 9.10. The number of hydrogen-bond donors (Lipinski definition) is 2. The summed E-state index contributed by atoms with van der Waals surface area (Å²) in [7, 11) is 0. The van der Waals surface area contributed by atoms with Gasteiger partial charge in [0.1, 0.15) is 6.54 Å². The monoisotopic (exact) mass is 487 g/mol. The second kappa shape index (κ2) is 10.1. The number of hydrogen-bond acceptors (Lipinski definition) is 6. The number of aromatic nitrogens is 1. The summed E-state index contributed by atoms with van der Waals surface area (Å²) in [5, 5.41) is 7.34. The standard InChI is InChI=1S/C21H18BrN3O4S/c1-13(29-18(26)11-23-20(28)15-7-9-16(22)10-8-15)19(27)25-21-24-17(12-30-21)14-5-3-2-4-6-14/h2-10,12-13H,11H2,1H3,(H,23,28)(H,24,25,27). The molecule has 2 aromatic carbocycles. The van der Waals surface area contributed by atoms with Gasteiger partial charge in [0, 0.05) is 21.0 Å². The summed E-state index contributed by atoms with van der Waals surface area (Å²) in [6, 6.07) is 16.3. The third-order valence-electron chi connectivity index (χ3n) is 3.98. The van der Waals surface area contributed by atoms with Crippen molar-refractivity contribution < 1.29 is 19.1 Å². The molecule has 0 aliphatic heterocycles. The Morgan fingerprint density at radius 2 is 1.80 bits per heavy atom. The Morgan fingerprint density at radius 1 is 1.10 bits per heavy atom. The minimum atomic E-state index is -1.04. The van der Waals surface area contributed by atoms with E-state index in [9.17, 15) is 14.4 Å². The van der Waals surface area contributed by atoms with E-state index in [2.05, 4.69) is 31.5 Å². The highest BCUT2D eigenvalue weighted by atomic mass is 79.9. The second-order valence-corrected chi connectivity index (χ2v) is 7.99. The predicted octanol–water partition coefficient (Wildman–Crippen LogP) is 3.87. The lowest BCUT2D eigenvalue weighted by atomic mass is 10.2. The van der Waals surface area contributed by atoms with Gasteiger partial charge < -0.3 is 10.1 Å². The summed E-state index contributed by atoms with van der Waals surface area (Å²) < 4.78 is 5.93. The maximum absolute atomic E-state index is 12.3. The lowest BCUT2D eigenvalue weighted by molar-refractivity contribution is -0.152. The minimum absolute atomic E-state index is 0.345. The molecule has 9 heteroatoms. The molecule has 3 rings (SSSR count). The Bertz CT molecular complexity index is 1040. The van der Waals surface area contributed by atoms with Crippen LogP contribution in [0.15, 0.2) is 64.5 Å². The van der Waals surface area contributed by atoms with E-state index in [1.54, 1.807) is 24.3 Å². The summed E-state index contributed by atoms with van der Waals surface area (Å²) in [5.74, 6) is -1.63. The first-order chi connectivity index (χ1) is 14.4. The fourth-order valence-electron chi connectivity index (χ4n) is 2.43. The molecule has 0 saturated carbocycles. The third kappa shape index (κ3) is 5.98. The van der Waals surface area contributed by atoms with E-state index in [0.29, 0.717) is 10.7 Å². The van der Waals surface area contributed by atoms with E-state index in [-0.39, 0.29) is 6.54 Å². The van der Waals surface area contributed by atoms with Gasteiger partial charge in [-0.1, -0.05) is 46.3 Å². The minimum Gasteiger partial charge on any atom is -0.451 e. The third-order valence-corrected chi connectivity index (χ3v) is 5.27. The number of nitrogens with zero attached hydrogens (tertiary/aromatic N) is 1. The van der Waals surface area contributed by atoms with Crippen molar-refractivity contribution in [2.45, 2.75) is 13.0 Å². The van der Waals surface area contributed by atoms with Gasteiger partial charge in [0.05, 0.1) is 5.69 Å². The SMILES string of the molecule is CC(OC(=O)CNC(=O)c1ccc(Br)cc1)C(=O)Nc1nc(-c2ccccc2)cs1. The molecular formula is C21H18BrN3O4S. The molecule has 30 heavy (non-hydrogen) atoms. The quantitative estimate of drug-likeness (QED) is 0.493. The molecule has 1 unspecified atom stereocenters. The van der Waals surface area contributed by atoms with Crippen LogP contribution in [0.25, 0.3) is 11.3 Å². The van der Waals surface area contributed by atoms with Crippen LogP contribution in [0.1, 0.15) is 17.3 Å². The summed E-state index contributed by atoms with van der Waals surface area (Å²) in [6.45, 7) is 1.11. The van der Waals surface area contributed by atoms with Crippen molar-refractivity contribution in [2.24, 2.45) is 0 Å². The summed E-state index contributed by atoms with van der Waals surface area (Å²) in [5.41, 5.74) is 2.10. The molecule has 1 heterocycles. The molecule has 2 N–H and O–H groups in total. The maximum atomic E-state index is 12.3. The van der Waals surface area contributed by atoms with Gasteiger partial charge in [0.15, 0.2) is 11.2 Å². The van der Waals surface area contributed by atoms with Crippen molar-refractivity contribution in [1.82, 2.24) is 10.3 Å². The second-order valence-electron chi connectivity index (χ2n) is 6.21. The van der Waals surface area contributed by atoms with E-state index in [0.717, 1.165) is 15.7 Å². The molecule has 154 valence electrons. The number of esters is 1. The van der Waals surface area contributed by atoms with Crippen LogP contribution in [0.4, 0.5) is 5.13 Å². The first-order valence-corrected chi connectivity index (χ1v) is 10.6. The first kappa shape index (κ1) is 21.7. The summed E-state index contributed by atoms with van der Waals surface area (Å²) >= 11 is 4.56. The van der Waals surface area contributed by atoms with Gasteiger partial charge >= 0.3 is 5.97 Å². The number of rotatable bonds is 7. The van der Waals surface area contributed by atoms with Crippen molar-refractivity contribution >= 4 is 50.2 Å². The van der Waals surface area contributed by atoms with Gasteiger partial charge in [0.2, 0.25) is 0 Å². The van der Waals surface area contributed by atoms with Crippen LogP contribution in [0.3, 0.4) is 0 Å². The number of amides is 2. The van der Waals surface area contributed by atoms with Crippen LogP contribution in [-0.4, -0.2) is 35.4 Å². The van der Waals surface area contributed by atoms with Crippen LogP contribution in [0.5, 0.6) is 0 Å². The molecule has 1 aromatic heterocycles. The molecule has 0 spiro atoms. The number of ether oxygens (including phenoxy) is 1. The zero-order valence-corrected chi connectivity index (χ0v) is 18.3. The van der Waals surface area contributed by atoms with Gasteiger partial charge in [-0.3, -0.25) is 19.7 Å². The number of carbonyl (C=O) groups is 3. The molecule has 0 aliphatic carbocycles. The van der Waals surface area contributed by atoms with Crippen molar-refractivity contribution in [3.8, 4) is 11.3 Å². The topological polar surface area (TPSA) is 97.4 Å². The molecule has 0 bridgehead atoms. The number of anilines is 1. The Hall–Kier alpha value is -3.04. The largest absolute Gasteiger partial charge is 0.451 e. The average molecular weight is 488 g/mol. The molecule has 1 atom stereocenters. The lowest BCUT2D eigenvalue weighted by Crippen LogP contribution is -2.35. The normalized spacial score (nSPS) is 11.4. The predicted molar refractivity (Wildman–Crippen MR) is 118 cm³/mol. The zero-order valence-electron chi connectivity index (χ0n) is 15.9. The molecule has 0 radical (unpaired) electrons. The van der Waals surface area contributed by atoms with E-state index in [1.807, 2.05) is 35.7 Å². The van der Waals surface area contributed by atoms with Crippen molar-refractivity contribution in [2.75, 3.05) is 11.9 Å². The Labute approximate surface area is 185 Å². The van der Waals surface area contributed by atoms with E-state index >= 15 is 0 Å². The van der Waals surface area contributed by atoms with Crippen molar-refractivity contribution in [3.63, 3.8) is 0 Å². The lowest BCUT2D eigenvalue weighted by Gasteiger charge is -2.12. The molecular weight excluding hydrogens is 470 g/mol. The van der Waals surface area contributed by atoms with E-state index in [4.69, 9.17) is 4.74 Å². The van der Waals surface area contributed by atoms with Crippen molar-refractivity contribution in [1.29, 1.82) is 0 Å². The maximum Gasteiger partial charge on any atom is 0.326 e. The summed E-state index contributed by atoms with van der Waals surface area (Å²) in [4.78, 5) is 40.6. The summed E-state index contributed by atoms with van der Waals surface area (Å²) in [6.07, 6.45) is -1.04. The van der Waals surface area contributed by atoms with E-state index in [1.165, 1.54) is 18.3 Å². The number of nitrogens with one attached hydrogen (secondary N) is 2. The number of halogens is 1. The van der Waals surface area contributed by atoms with Crippen LogP contribution in [0, 0.1) is 0 Å². The fourth-order valence-corrected chi connectivity index (χ4v) is 3.41. The molecule has 7 nitrogen and oxygen atoms in total.